The molecule has 0 unspecified atom stereocenters. The van der Waals surface area contributed by atoms with Gasteiger partial charge in [0.25, 0.3) is 0 Å². The molecule has 0 N–H and O–H groups in total. The SMILES string of the molecule is O=[N+]([O-])c1cc(S(=O)(=O)N2CCCCC2)ccc1Oc1ccc(Br)cc1. The molecule has 1 aliphatic heterocycles. The number of hydrogen-bond donors (Lipinski definition) is 0. The van der Waals surface area contributed by atoms with Gasteiger partial charge in [0.1, 0.15) is 5.75 Å². The Morgan fingerprint density at radius 1 is 1.04 bits per heavy atom. The highest BCUT2D eigenvalue weighted by Crippen LogP contribution is 2.34. The van der Waals surface area contributed by atoms with E-state index in [0.29, 0.717) is 18.8 Å². The molecule has 0 radical (unpaired) electrons. The van der Waals surface area contributed by atoms with E-state index in [1.165, 1.54) is 16.4 Å². The third-order valence-corrected chi connectivity index (χ3v) is 6.54. The van der Waals surface area contributed by atoms with Crippen molar-refractivity contribution in [2.75, 3.05) is 13.1 Å². The van der Waals surface area contributed by atoms with Crippen molar-refractivity contribution in [2.24, 2.45) is 0 Å². The Balaban J connectivity index is 1.93. The maximum absolute atomic E-state index is 12.7. The average molecular weight is 441 g/mol. The average Bonchev–Trinajstić information content (AvgIpc) is 2.64. The van der Waals surface area contributed by atoms with Crippen LogP contribution in [0.25, 0.3) is 0 Å². The van der Waals surface area contributed by atoms with Gasteiger partial charge in [0, 0.05) is 23.6 Å². The Kier molecular flexibility index (Phi) is 5.59. The van der Waals surface area contributed by atoms with Crippen molar-refractivity contribution < 1.29 is 18.1 Å². The van der Waals surface area contributed by atoms with Crippen LogP contribution in [-0.4, -0.2) is 30.7 Å². The molecule has 7 nitrogen and oxygen atoms in total. The van der Waals surface area contributed by atoms with Crippen molar-refractivity contribution in [3.8, 4) is 11.5 Å². The minimum Gasteiger partial charge on any atom is -0.450 e. The maximum Gasteiger partial charge on any atom is 0.312 e. The first-order valence-electron chi connectivity index (χ1n) is 8.10. The zero-order chi connectivity index (χ0) is 18.7. The molecule has 1 fully saturated rings. The van der Waals surface area contributed by atoms with Gasteiger partial charge in [-0.15, -0.1) is 0 Å². The van der Waals surface area contributed by atoms with E-state index in [2.05, 4.69) is 15.9 Å². The normalized spacial score (nSPS) is 15.6. The number of rotatable bonds is 5. The second-order valence-electron chi connectivity index (χ2n) is 5.91. The largest absolute Gasteiger partial charge is 0.450 e. The van der Waals surface area contributed by atoms with Gasteiger partial charge in [-0.25, -0.2) is 8.42 Å². The van der Waals surface area contributed by atoms with Crippen molar-refractivity contribution in [3.05, 3.63) is 57.1 Å². The first kappa shape index (κ1) is 18.8. The zero-order valence-electron chi connectivity index (χ0n) is 13.8. The number of ether oxygens (including phenoxy) is 1. The summed E-state index contributed by atoms with van der Waals surface area (Å²) in [7, 11) is -3.75. The fourth-order valence-electron chi connectivity index (χ4n) is 2.77. The van der Waals surface area contributed by atoms with Crippen molar-refractivity contribution in [1.82, 2.24) is 4.31 Å². The van der Waals surface area contributed by atoms with Crippen LogP contribution < -0.4 is 4.74 Å². The van der Waals surface area contributed by atoms with Crippen LogP contribution in [0.4, 0.5) is 5.69 Å². The Morgan fingerprint density at radius 3 is 2.31 bits per heavy atom. The number of benzene rings is 2. The molecule has 3 rings (SSSR count). The summed E-state index contributed by atoms with van der Waals surface area (Å²) in [5.74, 6) is 0.415. The minimum atomic E-state index is -3.75. The summed E-state index contributed by atoms with van der Waals surface area (Å²) < 4.78 is 33.3. The summed E-state index contributed by atoms with van der Waals surface area (Å²) in [6, 6.07) is 10.6. The first-order valence-corrected chi connectivity index (χ1v) is 10.3. The third kappa shape index (κ3) is 4.05. The van der Waals surface area contributed by atoms with Gasteiger partial charge in [-0.3, -0.25) is 10.1 Å². The summed E-state index contributed by atoms with van der Waals surface area (Å²) in [5, 5.41) is 11.4. The molecule has 1 aliphatic rings. The third-order valence-electron chi connectivity index (χ3n) is 4.12. The summed E-state index contributed by atoms with van der Waals surface area (Å²) in [6.07, 6.45) is 2.59. The molecule has 2 aromatic rings. The Bertz CT molecular complexity index is 909. The fourth-order valence-corrected chi connectivity index (χ4v) is 4.57. The van der Waals surface area contributed by atoms with E-state index < -0.39 is 14.9 Å². The molecule has 0 aromatic heterocycles. The van der Waals surface area contributed by atoms with E-state index in [1.54, 1.807) is 24.3 Å². The van der Waals surface area contributed by atoms with Gasteiger partial charge < -0.3 is 4.74 Å². The smallest absolute Gasteiger partial charge is 0.312 e. The molecular weight excluding hydrogens is 424 g/mol. The van der Waals surface area contributed by atoms with E-state index >= 15 is 0 Å². The van der Waals surface area contributed by atoms with Crippen molar-refractivity contribution in [2.45, 2.75) is 24.2 Å². The molecular formula is C17H17BrN2O5S. The number of nitro benzene ring substituents is 1. The van der Waals surface area contributed by atoms with Gasteiger partial charge >= 0.3 is 5.69 Å². The van der Waals surface area contributed by atoms with Crippen LogP contribution in [-0.2, 0) is 10.0 Å². The number of halogens is 1. The molecule has 9 heteroatoms. The first-order chi connectivity index (χ1) is 12.4. The predicted octanol–water partition coefficient (Wildman–Crippen LogP) is 4.32. The Hall–Kier alpha value is -1.97. The van der Waals surface area contributed by atoms with Crippen LogP contribution in [0.2, 0.25) is 0 Å². The highest BCUT2D eigenvalue weighted by atomic mass is 79.9. The van der Waals surface area contributed by atoms with Crippen LogP contribution in [0.1, 0.15) is 19.3 Å². The van der Waals surface area contributed by atoms with Gasteiger partial charge in [0.2, 0.25) is 15.8 Å². The molecule has 26 heavy (non-hydrogen) atoms. The van der Waals surface area contributed by atoms with Crippen LogP contribution in [0, 0.1) is 10.1 Å². The lowest BCUT2D eigenvalue weighted by Gasteiger charge is -2.25. The van der Waals surface area contributed by atoms with Gasteiger partial charge in [-0.05, 0) is 49.2 Å². The van der Waals surface area contributed by atoms with Crippen LogP contribution in [0.3, 0.4) is 0 Å². The fraction of sp³-hybridized carbons (Fsp3) is 0.294. The van der Waals surface area contributed by atoms with Crippen molar-refractivity contribution in [1.29, 1.82) is 0 Å². The van der Waals surface area contributed by atoms with Crippen LogP contribution >= 0.6 is 15.9 Å². The summed E-state index contributed by atoms with van der Waals surface area (Å²) >= 11 is 3.30. The lowest BCUT2D eigenvalue weighted by atomic mass is 10.2. The standard InChI is InChI=1S/C17H17BrN2O5S/c18-13-4-6-14(7-5-13)25-17-9-8-15(12-16(17)20(21)22)26(23,24)19-10-2-1-3-11-19/h4-9,12H,1-3,10-11H2. The van der Waals surface area contributed by atoms with Gasteiger partial charge in [-0.1, -0.05) is 22.4 Å². The lowest BCUT2D eigenvalue weighted by molar-refractivity contribution is -0.385. The van der Waals surface area contributed by atoms with E-state index in [1.807, 2.05) is 0 Å². The number of sulfonamides is 1. The molecule has 0 bridgehead atoms. The van der Waals surface area contributed by atoms with Gasteiger partial charge in [-0.2, -0.15) is 4.31 Å². The van der Waals surface area contributed by atoms with E-state index in [9.17, 15) is 18.5 Å². The van der Waals surface area contributed by atoms with Gasteiger partial charge in [0.05, 0.1) is 9.82 Å². The lowest BCUT2D eigenvalue weighted by Crippen LogP contribution is -2.35. The summed E-state index contributed by atoms with van der Waals surface area (Å²) in [5.41, 5.74) is -0.383. The van der Waals surface area contributed by atoms with E-state index in [-0.39, 0.29) is 16.3 Å². The molecule has 0 aliphatic carbocycles. The molecule has 1 heterocycles. The molecule has 138 valence electrons. The molecule has 2 aromatic carbocycles. The molecule has 0 atom stereocenters. The topological polar surface area (TPSA) is 89.8 Å². The van der Waals surface area contributed by atoms with E-state index in [0.717, 1.165) is 29.8 Å². The Morgan fingerprint density at radius 2 is 1.69 bits per heavy atom. The molecule has 0 amide bonds. The second kappa shape index (κ2) is 7.73. The maximum atomic E-state index is 12.7. The van der Waals surface area contributed by atoms with Gasteiger partial charge in [0.15, 0.2) is 0 Å². The van der Waals surface area contributed by atoms with Crippen molar-refractivity contribution >= 4 is 31.6 Å². The molecule has 0 spiro atoms. The quantitative estimate of drug-likeness (QED) is 0.509. The van der Waals surface area contributed by atoms with E-state index in [4.69, 9.17) is 4.74 Å². The molecule has 0 saturated carbocycles. The highest BCUT2D eigenvalue weighted by Gasteiger charge is 2.29. The van der Waals surface area contributed by atoms with Crippen LogP contribution in [0.15, 0.2) is 51.8 Å². The molecule has 1 saturated heterocycles. The number of nitro groups is 1. The number of hydrogen-bond acceptors (Lipinski definition) is 5. The number of piperidine rings is 1. The Labute approximate surface area is 159 Å². The zero-order valence-corrected chi connectivity index (χ0v) is 16.2. The second-order valence-corrected chi connectivity index (χ2v) is 8.76. The highest BCUT2D eigenvalue weighted by molar-refractivity contribution is 9.10. The minimum absolute atomic E-state index is 0.00471. The van der Waals surface area contributed by atoms with Crippen LogP contribution in [0.5, 0.6) is 11.5 Å². The monoisotopic (exact) mass is 440 g/mol. The summed E-state index contributed by atoms with van der Waals surface area (Å²) in [4.78, 5) is 10.7. The number of nitrogens with zero attached hydrogens (tertiary/aromatic N) is 2. The summed E-state index contributed by atoms with van der Waals surface area (Å²) in [6.45, 7) is 0.876. The van der Waals surface area contributed by atoms with Crippen molar-refractivity contribution in [3.63, 3.8) is 0 Å². The predicted molar refractivity (Wildman–Crippen MR) is 99.9 cm³/mol.